The number of carbonyl (C=O) groups excluding carboxylic acids is 2. The summed E-state index contributed by atoms with van der Waals surface area (Å²) in [5, 5.41) is 0. The molecule has 0 N–H and O–H groups in total. The highest BCUT2D eigenvalue weighted by Gasteiger charge is 2.08. The number of benzene rings is 1. The fourth-order valence-corrected chi connectivity index (χ4v) is 1.36. The van der Waals surface area contributed by atoms with Crippen LogP contribution in [0.15, 0.2) is 18.2 Å². The summed E-state index contributed by atoms with van der Waals surface area (Å²) in [6, 6.07) is 3.23. The van der Waals surface area contributed by atoms with Crippen LogP contribution in [-0.4, -0.2) is 26.3 Å². The number of rotatable bonds is 5. The third-order valence-corrected chi connectivity index (χ3v) is 2.21. The number of carbonyl (C=O) groups is 2. The van der Waals surface area contributed by atoms with Gasteiger partial charge in [0, 0.05) is 5.56 Å². The van der Waals surface area contributed by atoms with Gasteiger partial charge in [-0.15, -0.1) is 0 Å². The molecule has 0 fully saturated rings. The molecule has 90 valence electrons. The maximum atomic E-state index is 10.9. The van der Waals surface area contributed by atoms with Crippen LogP contribution in [0.1, 0.15) is 22.8 Å². The summed E-state index contributed by atoms with van der Waals surface area (Å²) in [5.74, 6) is 0.910. The number of aldehydes is 1. The summed E-state index contributed by atoms with van der Waals surface area (Å²) >= 11 is 0. The third kappa shape index (κ3) is 3.17. The smallest absolute Gasteiger partial charge is 0.161 e. The van der Waals surface area contributed by atoms with Gasteiger partial charge in [0.25, 0.3) is 0 Å². The summed E-state index contributed by atoms with van der Waals surface area (Å²) in [7, 11) is 3.01. The molecule has 0 amide bonds. The minimum Gasteiger partial charge on any atom is -0.493 e. The maximum Gasteiger partial charge on any atom is 0.161 e. The highest BCUT2D eigenvalue weighted by molar-refractivity contribution is 5.93. The first-order valence-corrected chi connectivity index (χ1v) is 5.02. The van der Waals surface area contributed by atoms with Crippen LogP contribution in [0.4, 0.5) is 0 Å². The number of allylic oxidation sites excluding steroid dienone is 1. The zero-order valence-electron chi connectivity index (χ0n) is 10.0. The van der Waals surface area contributed by atoms with E-state index in [0.29, 0.717) is 28.9 Å². The Morgan fingerprint density at radius 3 is 2.06 bits per heavy atom. The van der Waals surface area contributed by atoms with Crippen molar-refractivity contribution in [2.75, 3.05) is 14.2 Å². The molecule has 0 aliphatic rings. The lowest BCUT2D eigenvalue weighted by Crippen LogP contribution is -1.95. The van der Waals surface area contributed by atoms with Crippen LogP contribution >= 0.6 is 0 Å². The van der Waals surface area contributed by atoms with E-state index < -0.39 is 0 Å². The Hall–Kier alpha value is -2.10. The van der Waals surface area contributed by atoms with Gasteiger partial charge in [0.05, 0.1) is 14.2 Å². The maximum absolute atomic E-state index is 10.9. The predicted octanol–water partition coefficient (Wildman–Crippen LogP) is 2.12. The molecule has 0 heterocycles. The molecule has 0 unspecified atom stereocenters. The number of hydrogen-bond donors (Lipinski definition) is 0. The second-order valence-corrected chi connectivity index (χ2v) is 3.40. The summed E-state index contributed by atoms with van der Waals surface area (Å²) in [5.41, 5.74) is 1.06. The fourth-order valence-electron chi connectivity index (χ4n) is 1.36. The second kappa shape index (κ2) is 5.84. The van der Waals surface area contributed by atoms with Crippen LogP contribution in [0.3, 0.4) is 0 Å². The summed E-state index contributed by atoms with van der Waals surface area (Å²) in [6.45, 7) is 1.44. The van der Waals surface area contributed by atoms with Gasteiger partial charge in [-0.05, 0) is 30.7 Å². The Balaban J connectivity index is 3.28. The van der Waals surface area contributed by atoms with Crippen molar-refractivity contribution < 1.29 is 19.1 Å². The topological polar surface area (TPSA) is 52.6 Å². The molecule has 0 spiro atoms. The number of hydrogen-bond acceptors (Lipinski definition) is 4. The van der Waals surface area contributed by atoms with Crippen molar-refractivity contribution in [3.63, 3.8) is 0 Å². The Morgan fingerprint density at radius 2 is 1.65 bits per heavy atom. The SMILES string of the molecule is COc1cc(C=O)c(/C=C/C(C)=O)cc1OC. The predicted molar refractivity (Wildman–Crippen MR) is 64.6 cm³/mol. The lowest BCUT2D eigenvalue weighted by molar-refractivity contribution is -0.112. The molecule has 1 rings (SSSR count). The highest BCUT2D eigenvalue weighted by Crippen LogP contribution is 2.30. The van der Waals surface area contributed by atoms with Crippen molar-refractivity contribution in [3.8, 4) is 11.5 Å². The van der Waals surface area contributed by atoms with E-state index in [1.165, 1.54) is 27.2 Å². The van der Waals surface area contributed by atoms with Gasteiger partial charge in [-0.25, -0.2) is 0 Å². The van der Waals surface area contributed by atoms with E-state index in [1.807, 2.05) is 0 Å². The Labute approximate surface area is 99.8 Å². The summed E-state index contributed by atoms with van der Waals surface area (Å²) in [4.78, 5) is 21.8. The van der Waals surface area contributed by atoms with Gasteiger partial charge in [-0.1, -0.05) is 6.08 Å². The van der Waals surface area contributed by atoms with E-state index in [-0.39, 0.29) is 5.78 Å². The molecule has 0 atom stereocenters. The van der Waals surface area contributed by atoms with Crippen LogP contribution in [0.25, 0.3) is 6.08 Å². The standard InChI is InChI=1S/C13H14O4/c1-9(15)4-5-10-6-12(16-2)13(17-3)7-11(10)8-14/h4-8H,1-3H3/b5-4+. The lowest BCUT2D eigenvalue weighted by atomic mass is 10.1. The van der Waals surface area contributed by atoms with Gasteiger partial charge >= 0.3 is 0 Å². The molecule has 0 saturated heterocycles. The van der Waals surface area contributed by atoms with Gasteiger partial charge in [0.15, 0.2) is 23.6 Å². The molecule has 0 aliphatic carbocycles. The molecule has 0 radical (unpaired) electrons. The summed E-state index contributed by atoms with van der Waals surface area (Å²) < 4.78 is 10.2. The minimum atomic E-state index is -0.0865. The van der Waals surface area contributed by atoms with Gasteiger partial charge in [-0.3, -0.25) is 9.59 Å². The molecule has 0 aromatic heterocycles. The number of methoxy groups -OCH3 is 2. The first-order chi connectivity index (χ1) is 8.12. The van der Waals surface area contributed by atoms with Crippen molar-refractivity contribution >= 4 is 18.1 Å². The van der Waals surface area contributed by atoms with Crippen molar-refractivity contribution in [1.29, 1.82) is 0 Å². The minimum absolute atomic E-state index is 0.0865. The van der Waals surface area contributed by atoms with E-state index in [0.717, 1.165) is 0 Å². The van der Waals surface area contributed by atoms with Crippen LogP contribution < -0.4 is 9.47 Å². The van der Waals surface area contributed by atoms with Gasteiger partial charge in [-0.2, -0.15) is 0 Å². The molecule has 4 nitrogen and oxygen atoms in total. The quantitative estimate of drug-likeness (QED) is 0.578. The zero-order valence-corrected chi connectivity index (χ0v) is 10.0. The van der Waals surface area contributed by atoms with E-state index >= 15 is 0 Å². The average Bonchev–Trinajstić information content (AvgIpc) is 2.34. The second-order valence-electron chi connectivity index (χ2n) is 3.40. The highest BCUT2D eigenvalue weighted by atomic mass is 16.5. The van der Waals surface area contributed by atoms with Gasteiger partial charge < -0.3 is 9.47 Å². The molecule has 17 heavy (non-hydrogen) atoms. The zero-order chi connectivity index (χ0) is 12.8. The molecular weight excluding hydrogens is 220 g/mol. The average molecular weight is 234 g/mol. The van der Waals surface area contributed by atoms with Crippen molar-refractivity contribution in [3.05, 3.63) is 29.3 Å². The van der Waals surface area contributed by atoms with E-state index in [1.54, 1.807) is 18.2 Å². The van der Waals surface area contributed by atoms with E-state index in [4.69, 9.17) is 9.47 Å². The van der Waals surface area contributed by atoms with Crippen LogP contribution in [0.5, 0.6) is 11.5 Å². The van der Waals surface area contributed by atoms with Crippen molar-refractivity contribution in [2.24, 2.45) is 0 Å². The first-order valence-electron chi connectivity index (χ1n) is 5.02. The molecule has 1 aromatic carbocycles. The van der Waals surface area contributed by atoms with Crippen LogP contribution in [-0.2, 0) is 4.79 Å². The Morgan fingerprint density at radius 1 is 1.12 bits per heavy atom. The van der Waals surface area contributed by atoms with Gasteiger partial charge in [0.1, 0.15) is 0 Å². The number of ether oxygens (including phenoxy) is 2. The molecular formula is C13H14O4. The molecule has 0 saturated carbocycles. The molecule has 0 bridgehead atoms. The molecule has 4 heteroatoms. The van der Waals surface area contributed by atoms with Crippen LogP contribution in [0, 0.1) is 0 Å². The fraction of sp³-hybridized carbons (Fsp3) is 0.231. The molecule has 0 aliphatic heterocycles. The van der Waals surface area contributed by atoms with Crippen molar-refractivity contribution in [1.82, 2.24) is 0 Å². The van der Waals surface area contributed by atoms with Crippen molar-refractivity contribution in [2.45, 2.75) is 6.92 Å². The normalized spacial score (nSPS) is 10.3. The lowest BCUT2D eigenvalue weighted by Gasteiger charge is -2.09. The van der Waals surface area contributed by atoms with E-state index in [9.17, 15) is 9.59 Å². The number of ketones is 1. The van der Waals surface area contributed by atoms with E-state index in [2.05, 4.69) is 0 Å². The Bertz CT molecular complexity index is 461. The Kier molecular flexibility index (Phi) is 4.46. The van der Waals surface area contributed by atoms with Gasteiger partial charge in [0.2, 0.25) is 0 Å². The third-order valence-electron chi connectivity index (χ3n) is 2.21. The molecule has 1 aromatic rings. The largest absolute Gasteiger partial charge is 0.493 e. The van der Waals surface area contributed by atoms with Crippen LogP contribution in [0.2, 0.25) is 0 Å². The first kappa shape index (κ1) is 13.0. The summed E-state index contributed by atoms with van der Waals surface area (Å²) in [6.07, 6.45) is 3.68. The monoisotopic (exact) mass is 234 g/mol.